The molecule has 1 aromatic carbocycles. The largest absolute Gasteiger partial charge is 0.466 e. The molecule has 0 aromatic heterocycles. The molecule has 0 radical (unpaired) electrons. The van der Waals surface area contributed by atoms with Gasteiger partial charge in [0.05, 0.1) is 19.1 Å². The summed E-state index contributed by atoms with van der Waals surface area (Å²) in [5.41, 5.74) is 0.937. The number of hydrogen-bond donors (Lipinski definition) is 0. The third-order valence-corrected chi connectivity index (χ3v) is 5.49. The maximum Gasteiger partial charge on any atom is 0.309 e. The Balaban J connectivity index is 1.88. The predicted octanol–water partition coefficient (Wildman–Crippen LogP) is 3.79. The number of likely N-dealkylation sites (N-methyl/N-ethyl adjacent to an activating group) is 1. The van der Waals surface area contributed by atoms with Crippen LogP contribution < -0.4 is 0 Å². The highest BCUT2D eigenvalue weighted by atomic mass is 35.5. The van der Waals surface area contributed by atoms with Crippen molar-refractivity contribution < 1.29 is 14.3 Å². The predicted molar refractivity (Wildman–Crippen MR) is 103 cm³/mol. The van der Waals surface area contributed by atoms with E-state index in [2.05, 4.69) is 0 Å². The molecule has 1 unspecified atom stereocenters. The molecule has 1 aromatic rings. The van der Waals surface area contributed by atoms with Gasteiger partial charge in [0, 0.05) is 29.2 Å². The number of rotatable bonds is 6. The summed E-state index contributed by atoms with van der Waals surface area (Å²) in [6.07, 6.45) is 1.32. The molecular weight excluding hydrogens is 375 g/mol. The van der Waals surface area contributed by atoms with Crippen molar-refractivity contribution in [1.29, 1.82) is 0 Å². The SMILES string of the molecule is CCOC(=O)C1CCN(C(=O)CN(C)C(C)c2ccc(Cl)cc2Cl)CC1. The summed E-state index contributed by atoms with van der Waals surface area (Å²) in [6, 6.07) is 5.39. The number of benzene rings is 1. The van der Waals surface area contributed by atoms with Gasteiger partial charge in [-0.25, -0.2) is 0 Å². The van der Waals surface area contributed by atoms with Crippen molar-refractivity contribution in [3.63, 3.8) is 0 Å². The minimum atomic E-state index is -0.150. The maximum absolute atomic E-state index is 12.6. The van der Waals surface area contributed by atoms with E-state index in [0.717, 1.165) is 5.56 Å². The first-order valence-electron chi connectivity index (χ1n) is 8.93. The molecule has 0 aliphatic carbocycles. The van der Waals surface area contributed by atoms with Gasteiger partial charge in [-0.3, -0.25) is 14.5 Å². The second-order valence-corrected chi connectivity index (χ2v) is 7.51. The highest BCUT2D eigenvalue weighted by molar-refractivity contribution is 6.35. The fourth-order valence-electron chi connectivity index (χ4n) is 3.15. The Kier molecular flexibility index (Phi) is 7.74. The summed E-state index contributed by atoms with van der Waals surface area (Å²) < 4.78 is 5.07. The van der Waals surface area contributed by atoms with E-state index in [-0.39, 0.29) is 23.8 Å². The highest BCUT2D eigenvalue weighted by Gasteiger charge is 2.29. The average molecular weight is 401 g/mol. The molecule has 1 heterocycles. The summed E-state index contributed by atoms with van der Waals surface area (Å²) in [4.78, 5) is 28.2. The van der Waals surface area contributed by atoms with E-state index in [1.807, 2.05) is 29.8 Å². The number of carbonyl (C=O) groups excluding carboxylic acids is 2. The van der Waals surface area contributed by atoms with E-state index < -0.39 is 0 Å². The molecule has 1 aliphatic rings. The van der Waals surface area contributed by atoms with E-state index in [1.165, 1.54) is 0 Å². The molecule has 1 aliphatic heterocycles. The van der Waals surface area contributed by atoms with Gasteiger partial charge in [0.15, 0.2) is 0 Å². The standard InChI is InChI=1S/C19H26Cl2N2O3/c1-4-26-19(25)14-7-9-23(10-8-14)18(24)12-22(3)13(2)16-6-5-15(20)11-17(16)21/h5-6,11,13-14H,4,7-10,12H2,1-3H3. The van der Waals surface area contributed by atoms with Gasteiger partial charge in [0.25, 0.3) is 0 Å². The number of halogens is 2. The Bertz CT molecular complexity index is 646. The van der Waals surface area contributed by atoms with Gasteiger partial charge in [0.2, 0.25) is 5.91 Å². The zero-order chi connectivity index (χ0) is 19.3. The van der Waals surface area contributed by atoms with Crippen molar-refractivity contribution in [3.8, 4) is 0 Å². The Morgan fingerprint density at radius 1 is 1.31 bits per heavy atom. The number of amides is 1. The van der Waals surface area contributed by atoms with Crippen LogP contribution in [0.25, 0.3) is 0 Å². The highest BCUT2D eigenvalue weighted by Crippen LogP contribution is 2.29. The van der Waals surface area contributed by atoms with Crippen molar-refractivity contribution in [2.24, 2.45) is 5.92 Å². The van der Waals surface area contributed by atoms with Crippen LogP contribution in [0.4, 0.5) is 0 Å². The van der Waals surface area contributed by atoms with E-state index >= 15 is 0 Å². The molecule has 0 N–H and O–H groups in total. The summed E-state index contributed by atoms with van der Waals surface area (Å²) in [7, 11) is 1.90. The Morgan fingerprint density at radius 3 is 2.54 bits per heavy atom. The van der Waals surface area contributed by atoms with Crippen LogP contribution in [0, 0.1) is 5.92 Å². The topological polar surface area (TPSA) is 49.9 Å². The zero-order valence-corrected chi connectivity index (χ0v) is 17.0. The fraction of sp³-hybridized carbons (Fsp3) is 0.579. The lowest BCUT2D eigenvalue weighted by molar-refractivity contribution is -0.151. The summed E-state index contributed by atoms with van der Waals surface area (Å²) in [5, 5.41) is 1.19. The van der Waals surface area contributed by atoms with Crippen LogP contribution in [0.3, 0.4) is 0 Å². The van der Waals surface area contributed by atoms with E-state index in [1.54, 1.807) is 19.1 Å². The number of esters is 1. The molecule has 1 atom stereocenters. The van der Waals surface area contributed by atoms with Crippen LogP contribution in [0.15, 0.2) is 18.2 Å². The molecule has 1 fully saturated rings. The molecule has 1 saturated heterocycles. The minimum Gasteiger partial charge on any atom is -0.466 e. The molecule has 2 rings (SSSR count). The first kappa shape index (κ1) is 21.0. The lowest BCUT2D eigenvalue weighted by atomic mass is 9.97. The number of nitrogens with zero attached hydrogens (tertiary/aromatic N) is 2. The van der Waals surface area contributed by atoms with Gasteiger partial charge in [-0.1, -0.05) is 29.3 Å². The Hall–Kier alpha value is -1.30. The number of hydrogen-bond acceptors (Lipinski definition) is 4. The second-order valence-electron chi connectivity index (χ2n) is 6.66. The summed E-state index contributed by atoms with van der Waals surface area (Å²) in [5.74, 6) is -0.182. The molecule has 144 valence electrons. The molecule has 0 spiro atoms. The molecule has 0 bridgehead atoms. The van der Waals surface area contributed by atoms with Crippen LogP contribution >= 0.6 is 23.2 Å². The van der Waals surface area contributed by atoms with Crippen LogP contribution in [0.2, 0.25) is 10.0 Å². The average Bonchev–Trinajstić information content (AvgIpc) is 2.61. The maximum atomic E-state index is 12.6. The first-order valence-corrected chi connectivity index (χ1v) is 9.68. The van der Waals surface area contributed by atoms with Gasteiger partial charge in [0.1, 0.15) is 0 Å². The van der Waals surface area contributed by atoms with Gasteiger partial charge < -0.3 is 9.64 Å². The van der Waals surface area contributed by atoms with Crippen molar-refractivity contribution in [3.05, 3.63) is 33.8 Å². The van der Waals surface area contributed by atoms with Crippen molar-refractivity contribution in [2.75, 3.05) is 33.3 Å². The van der Waals surface area contributed by atoms with Gasteiger partial charge in [-0.2, -0.15) is 0 Å². The third kappa shape index (κ3) is 5.35. The smallest absolute Gasteiger partial charge is 0.309 e. The monoisotopic (exact) mass is 400 g/mol. The van der Waals surface area contributed by atoms with Crippen LogP contribution in [-0.4, -0.2) is 55.0 Å². The van der Waals surface area contributed by atoms with E-state index in [9.17, 15) is 9.59 Å². The number of likely N-dealkylation sites (tertiary alicyclic amines) is 1. The molecule has 1 amide bonds. The molecular formula is C19H26Cl2N2O3. The van der Waals surface area contributed by atoms with Crippen LogP contribution in [-0.2, 0) is 14.3 Å². The summed E-state index contributed by atoms with van der Waals surface area (Å²) >= 11 is 12.2. The van der Waals surface area contributed by atoms with Gasteiger partial charge in [-0.05, 0) is 51.4 Å². The quantitative estimate of drug-likeness (QED) is 0.681. The first-order chi connectivity index (χ1) is 12.3. The van der Waals surface area contributed by atoms with Gasteiger partial charge >= 0.3 is 5.97 Å². The normalized spacial score (nSPS) is 16.6. The van der Waals surface area contributed by atoms with Crippen LogP contribution in [0.1, 0.15) is 38.3 Å². The third-order valence-electron chi connectivity index (χ3n) is 4.93. The van der Waals surface area contributed by atoms with Gasteiger partial charge in [-0.15, -0.1) is 0 Å². The Morgan fingerprint density at radius 2 is 1.96 bits per heavy atom. The molecule has 5 nitrogen and oxygen atoms in total. The number of carbonyl (C=O) groups is 2. The van der Waals surface area contributed by atoms with Crippen molar-refractivity contribution in [1.82, 2.24) is 9.80 Å². The van der Waals surface area contributed by atoms with Crippen molar-refractivity contribution >= 4 is 35.1 Å². The second kappa shape index (κ2) is 9.58. The number of ether oxygens (including phenoxy) is 1. The van der Waals surface area contributed by atoms with Crippen LogP contribution in [0.5, 0.6) is 0 Å². The fourth-order valence-corrected chi connectivity index (χ4v) is 3.72. The van der Waals surface area contributed by atoms with E-state index in [0.29, 0.717) is 49.1 Å². The van der Waals surface area contributed by atoms with Crippen molar-refractivity contribution in [2.45, 2.75) is 32.7 Å². The number of piperidine rings is 1. The minimum absolute atomic E-state index is 0.0132. The Labute approximate surface area is 165 Å². The lowest BCUT2D eigenvalue weighted by Crippen LogP contribution is -2.45. The lowest BCUT2D eigenvalue weighted by Gasteiger charge is -2.33. The molecule has 0 saturated carbocycles. The molecule has 7 heteroatoms. The zero-order valence-electron chi connectivity index (χ0n) is 15.5. The summed E-state index contributed by atoms with van der Waals surface area (Å²) in [6.45, 7) is 5.69. The molecule has 26 heavy (non-hydrogen) atoms. The van der Waals surface area contributed by atoms with E-state index in [4.69, 9.17) is 27.9 Å².